The number of nitriles is 1. The maximum absolute atomic E-state index is 8.95. The molecule has 1 saturated carbocycles. The van der Waals surface area contributed by atoms with Crippen LogP contribution in [0.1, 0.15) is 39.0 Å². The highest BCUT2D eigenvalue weighted by atomic mass is 79.9. The molecule has 0 spiro atoms. The maximum Gasteiger partial charge on any atom is 0.115 e. The van der Waals surface area contributed by atoms with Gasteiger partial charge in [-0.3, -0.25) is 0 Å². The molecule has 62 valence electrons. The van der Waals surface area contributed by atoms with Crippen LogP contribution in [0.4, 0.5) is 0 Å². The lowest BCUT2D eigenvalue weighted by molar-refractivity contribution is 0.265. The summed E-state index contributed by atoms with van der Waals surface area (Å²) in [4.78, 5) is 0. The Kier molecular flexibility index (Phi) is 2.95. The van der Waals surface area contributed by atoms with Gasteiger partial charge in [-0.05, 0) is 25.2 Å². The first-order chi connectivity index (χ1) is 5.23. The molecule has 0 aromatic rings. The Labute approximate surface area is 76.9 Å². The molecule has 0 aromatic carbocycles. The second kappa shape index (κ2) is 3.58. The number of hydrogen-bond acceptors (Lipinski definition) is 1. The van der Waals surface area contributed by atoms with E-state index in [0.29, 0.717) is 5.92 Å². The quantitative estimate of drug-likeness (QED) is 0.664. The molecule has 2 heteroatoms. The molecule has 0 heterocycles. The number of rotatable bonds is 3. The van der Waals surface area contributed by atoms with Crippen molar-refractivity contribution in [2.24, 2.45) is 5.92 Å². The summed E-state index contributed by atoms with van der Waals surface area (Å²) in [6.45, 7) is 2.13. The van der Waals surface area contributed by atoms with Crippen molar-refractivity contribution in [3.05, 3.63) is 0 Å². The van der Waals surface area contributed by atoms with Crippen LogP contribution in [0.5, 0.6) is 0 Å². The van der Waals surface area contributed by atoms with Crippen LogP contribution in [-0.2, 0) is 0 Å². The van der Waals surface area contributed by atoms with E-state index in [2.05, 4.69) is 28.9 Å². The molecule has 1 aliphatic rings. The summed E-state index contributed by atoms with van der Waals surface area (Å²) in [6.07, 6.45) is 5.87. The lowest BCUT2D eigenvalue weighted by Crippen LogP contribution is -2.34. The van der Waals surface area contributed by atoms with Crippen LogP contribution < -0.4 is 0 Å². The van der Waals surface area contributed by atoms with Crippen molar-refractivity contribution in [3.8, 4) is 6.07 Å². The van der Waals surface area contributed by atoms with Crippen LogP contribution >= 0.6 is 15.9 Å². The topological polar surface area (TPSA) is 23.8 Å². The normalized spacial score (nSPS) is 23.4. The van der Waals surface area contributed by atoms with Gasteiger partial charge in [0.2, 0.25) is 0 Å². The minimum atomic E-state index is -0.194. The Morgan fingerprint density at radius 3 is 2.55 bits per heavy atom. The minimum absolute atomic E-state index is 0.194. The summed E-state index contributed by atoms with van der Waals surface area (Å²) in [6, 6.07) is 2.40. The lowest BCUT2D eigenvalue weighted by atomic mass is 9.75. The predicted octanol–water partition coefficient (Wildman–Crippen LogP) is 3.24. The average Bonchev–Trinajstić information content (AvgIpc) is 1.84. The number of hydrogen-bond donors (Lipinski definition) is 0. The van der Waals surface area contributed by atoms with Crippen LogP contribution in [0.25, 0.3) is 0 Å². The highest BCUT2D eigenvalue weighted by Gasteiger charge is 2.38. The van der Waals surface area contributed by atoms with E-state index in [1.54, 1.807) is 0 Å². The fourth-order valence-electron chi connectivity index (χ4n) is 1.58. The molecule has 1 atom stereocenters. The molecule has 0 bridgehead atoms. The fourth-order valence-corrected chi connectivity index (χ4v) is 2.44. The minimum Gasteiger partial charge on any atom is -0.197 e. The van der Waals surface area contributed by atoms with Crippen molar-refractivity contribution in [1.82, 2.24) is 0 Å². The molecule has 0 amide bonds. The first kappa shape index (κ1) is 9.06. The molecule has 11 heavy (non-hydrogen) atoms. The molecule has 1 fully saturated rings. The van der Waals surface area contributed by atoms with E-state index in [4.69, 9.17) is 5.26 Å². The monoisotopic (exact) mass is 215 g/mol. The summed E-state index contributed by atoms with van der Waals surface area (Å²) in [5.41, 5.74) is 0. The fraction of sp³-hybridized carbons (Fsp3) is 0.889. The van der Waals surface area contributed by atoms with Crippen molar-refractivity contribution >= 4 is 15.9 Å². The van der Waals surface area contributed by atoms with Gasteiger partial charge < -0.3 is 0 Å². The third kappa shape index (κ3) is 1.76. The SMILES string of the molecule is CCCC(Br)(C#N)C1CCC1. The van der Waals surface area contributed by atoms with Crippen molar-refractivity contribution in [2.45, 2.75) is 43.4 Å². The molecule has 0 aliphatic heterocycles. The van der Waals surface area contributed by atoms with Gasteiger partial charge in [-0.25, -0.2) is 0 Å². The average molecular weight is 216 g/mol. The Bertz CT molecular complexity index is 169. The molecular weight excluding hydrogens is 202 g/mol. The molecule has 0 aromatic heterocycles. The van der Waals surface area contributed by atoms with Gasteiger partial charge in [0.05, 0.1) is 6.07 Å². The third-order valence-corrected chi connectivity index (χ3v) is 3.77. The van der Waals surface area contributed by atoms with Gasteiger partial charge in [0.25, 0.3) is 0 Å². The Morgan fingerprint density at radius 2 is 2.27 bits per heavy atom. The zero-order valence-corrected chi connectivity index (χ0v) is 8.52. The standard InChI is InChI=1S/C9H14BrN/c1-2-6-9(10,7-11)8-4-3-5-8/h8H,2-6H2,1H3. The van der Waals surface area contributed by atoms with Crippen molar-refractivity contribution in [2.75, 3.05) is 0 Å². The van der Waals surface area contributed by atoms with Gasteiger partial charge in [0.15, 0.2) is 0 Å². The smallest absolute Gasteiger partial charge is 0.115 e. The van der Waals surface area contributed by atoms with Crippen LogP contribution in [0, 0.1) is 17.2 Å². The van der Waals surface area contributed by atoms with Crippen molar-refractivity contribution < 1.29 is 0 Å². The zero-order valence-electron chi connectivity index (χ0n) is 6.94. The predicted molar refractivity (Wildman–Crippen MR) is 49.5 cm³/mol. The van der Waals surface area contributed by atoms with Gasteiger partial charge in [0, 0.05) is 0 Å². The summed E-state index contributed by atoms with van der Waals surface area (Å²) >= 11 is 3.56. The second-order valence-electron chi connectivity index (χ2n) is 3.35. The van der Waals surface area contributed by atoms with E-state index in [1.165, 1.54) is 19.3 Å². The van der Waals surface area contributed by atoms with Crippen LogP contribution in [0.2, 0.25) is 0 Å². The number of alkyl halides is 1. The van der Waals surface area contributed by atoms with Crippen LogP contribution in [0.15, 0.2) is 0 Å². The first-order valence-electron chi connectivity index (χ1n) is 4.33. The molecule has 0 N–H and O–H groups in total. The van der Waals surface area contributed by atoms with E-state index in [-0.39, 0.29) is 4.32 Å². The maximum atomic E-state index is 8.95. The molecule has 1 unspecified atom stereocenters. The Balaban J connectivity index is 2.52. The summed E-state index contributed by atoms with van der Waals surface area (Å²) in [5, 5.41) is 8.95. The highest BCUT2D eigenvalue weighted by molar-refractivity contribution is 9.10. The van der Waals surface area contributed by atoms with E-state index < -0.39 is 0 Å². The van der Waals surface area contributed by atoms with E-state index >= 15 is 0 Å². The molecule has 1 rings (SSSR count). The summed E-state index contributed by atoms with van der Waals surface area (Å²) in [5.74, 6) is 0.618. The molecule has 1 aliphatic carbocycles. The first-order valence-corrected chi connectivity index (χ1v) is 5.12. The Morgan fingerprint density at radius 1 is 1.64 bits per heavy atom. The summed E-state index contributed by atoms with van der Waals surface area (Å²) in [7, 11) is 0. The molecule has 0 radical (unpaired) electrons. The van der Waals surface area contributed by atoms with Crippen molar-refractivity contribution in [1.29, 1.82) is 5.26 Å². The molecule has 1 nitrogen and oxygen atoms in total. The van der Waals surface area contributed by atoms with Gasteiger partial charge in [-0.15, -0.1) is 0 Å². The molecular formula is C9H14BrN. The largest absolute Gasteiger partial charge is 0.197 e. The second-order valence-corrected chi connectivity index (χ2v) is 4.77. The van der Waals surface area contributed by atoms with E-state index in [0.717, 1.165) is 12.8 Å². The van der Waals surface area contributed by atoms with Gasteiger partial charge in [0.1, 0.15) is 4.32 Å². The summed E-state index contributed by atoms with van der Waals surface area (Å²) < 4.78 is -0.194. The van der Waals surface area contributed by atoms with Crippen LogP contribution in [0.3, 0.4) is 0 Å². The van der Waals surface area contributed by atoms with E-state index in [9.17, 15) is 0 Å². The van der Waals surface area contributed by atoms with Gasteiger partial charge in [-0.1, -0.05) is 35.7 Å². The number of halogens is 1. The van der Waals surface area contributed by atoms with Gasteiger partial charge in [-0.2, -0.15) is 5.26 Å². The van der Waals surface area contributed by atoms with Crippen molar-refractivity contribution in [3.63, 3.8) is 0 Å². The van der Waals surface area contributed by atoms with Crippen LogP contribution in [-0.4, -0.2) is 4.32 Å². The van der Waals surface area contributed by atoms with Gasteiger partial charge >= 0.3 is 0 Å². The van der Waals surface area contributed by atoms with E-state index in [1.807, 2.05) is 0 Å². The Hall–Kier alpha value is -0.0300. The zero-order chi connectivity index (χ0) is 8.32. The number of nitrogens with zero attached hydrogens (tertiary/aromatic N) is 1. The lowest BCUT2D eigenvalue weighted by Gasteiger charge is -2.36. The molecule has 0 saturated heterocycles. The third-order valence-electron chi connectivity index (χ3n) is 2.55. The highest BCUT2D eigenvalue weighted by Crippen LogP contribution is 2.43.